The van der Waals surface area contributed by atoms with Crippen molar-refractivity contribution in [1.82, 2.24) is 21.3 Å². The van der Waals surface area contributed by atoms with Crippen molar-refractivity contribution in [2.45, 2.75) is 43.8 Å². The number of carbonyl (C=O) groups is 2. The van der Waals surface area contributed by atoms with Crippen LogP contribution < -0.4 is 21.3 Å². The van der Waals surface area contributed by atoms with Gasteiger partial charge >= 0.3 is 0 Å². The molecular formula is C18H24N6O2. The lowest BCUT2D eigenvalue weighted by Gasteiger charge is -2.37. The SMILES string of the molecule is N#CC1CCC(CNC(=O)CC2=CC3C(C#N)NCCC3NC2=O)NC1. The summed E-state index contributed by atoms with van der Waals surface area (Å²) in [5, 5.41) is 30.4. The Balaban J connectivity index is 1.52. The molecule has 0 aromatic heterocycles. The lowest BCUT2D eigenvalue weighted by atomic mass is 9.82. The fraction of sp³-hybridized carbons (Fsp3) is 0.667. The molecule has 0 aliphatic carbocycles. The van der Waals surface area contributed by atoms with E-state index >= 15 is 0 Å². The fourth-order valence-electron chi connectivity index (χ4n) is 3.85. The Morgan fingerprint density at radius 2 is 2.08 bits per heavy atom. The quantitative estimate of drug-likeness (QED) is 0.528. The Labute approximate surface area is 153 Å². The molecule has 4 N–H and O–H groups in total. The third-order valence-electron chi connectivity index (χ3n) is 5.41. The second kappa shape index (κ2) is 8.31. The molecule has 8 heteroatoms. The summed E-state index contributed by atoms with van der Waals surface area (Å²) in [6.07, 6.45) is 4.27. The first kappa shape index (κ1) is 18.4. The minimum absolute atomic E-state index is 0.0146. The van der Waals surface area contributed by atoms with Gasteiger partial charge in [-0.1, -0.05) is 6.08 Å². The number of amides is 2. The molecule has 0 spiro atoms. The molecule has 2 saturated heterocycles. The molecule has 3 aliphatic rings. The minimum Gasteiger partial charge on any atom is -0.354 e. The lowest BCUT2D eigenvalue weighted by Crippen LogP contribution is -2.56. The van der Waals surface area contributed by atoms with E-state index in [0.29, 0.717) is 25.2 Å². The number of carbonyl (C=O) groups excluding carboxylic acids is 2. The number of rotatable bonds is 4. The van der Waals surface area contributed by atoms with Crippen molar-refractivity contribution in [2.75, 3.05) is 19.6 Å². The highest BCUT2D eigenvalue weighted by Crippen LogP contribution is 2.25. The van der Waals surface area contributed by atoms with Crippen molar-refractivity contribution in [1.29, 1.82) is 10.5 Å². The molecule has 0 bridgehead atoms. The van der Waals surface area contributed by atoms with Crippen molar-refractivity contribution in [2.24, 2.45) is 11.8 Å². The summed E-state index contributed by atoms with van der Waals surface area (Å²) in [5.74, 6) is -0.473. The van der Waals surface area contributed by atoms with Crippen molar-refractivity contribution in [3.8, 4) is 12.1 Å². The molecular weight excluding hydrogens is 332 g/mol. The standard InChI is InChI=1S/C18H24N6O2/c19-7-11-1-2-13(22-9-11)10-23-17(25)6-12-5-14-15(24-18(12)26)3-4-21-16(14)8-20/h5,11,13-16,21-22H,1-4,6,9-10H2,(H,23,25)(H,24,26). The zero-order chi connectivity index (χ0) is 18.5. The molecule has 2 amide bonds. The van der Waals surface area contributed by atoms with Crippen LogP contribution in [0.2, 0.25) is 0 Å². The number of hydrogen-bond donors (Lipinski definition) is 4. The molecule has 2 fully saturated rings. The van der Waals surface area contributed by atoms with E-state index in [4.69, 9.17) is 5.26 Å². The number of nitriles is 2. The number of hydrogen-bond acceptors (Lipinski definition) is 6. The normalized spacial score (nSPS) is 33.7. The molecule has 3 rings (SSSR count). The second-order valence-electron chi connectivity index (χ2n) is 7.19. The van der Waals surface area contributed by atoms with E-state index in [1.54, 1.807) is 6.08 Å². The van der Waals surface area contributed by atoms with Crippen LogP contribution in [0.3, 0.4) is 0 Å². The maximum Gasteiger partial charge on any atom is 0.247 e. The second-order valence-corrected chi connectivity index (χ2v) is 7.19. The summed E-state index contributed by atoms with van der Waals surface area (Å²) >= 11 is 0. The van der Waals surface area contributed by atoms with Crippen LogP contribution in [-0.4, -0.2) is 49.6 Å². The van der Waals surface area contributed by atoms with Crippen molar-refractivity contribution < 1.29 is 9.59 Å². The highest BCUT2D eigenvalue weighted by molar-refractivity contribution is 5.99. The molecule has 5 unspecified atom stereocenters. The van der Waals surface area contributed by atoms with Gasteiger partial charge in [-0.2, -0.15) is 10.5 Å². The third-order valence-corrected chi connectivity index (χ3v) is 5.41. The van der Waals surface area contributed by atoms with Gasteiger partial charge < -0.3 is 21.3 Å². The smallest absolute Gasteiger partial charge is 0.247 e. The number of nitrogens with zero attached hydrogens (tertiary/aromatic N) is 2. The first-order chi connectivity index (χ1) is 12.6. The van der Waals surface area contributed by atoms with Gasteiger partial charge in [0.05, 0.1) is 24.5 Å². The van der Waals surface area contributed by atoms with E-state index in [1.165, 1.54) is 0 Å². The van der Waals surface area contributed by atoms with Gasteiger partial charge in [0.2, 0.25) is 11.8 Å². The number of piperidine rings is 2. The Morgan fingerprint density at radius 3 is 2.77 bits per heavy atom. The summed E-state index contributed by atoms with van der Waals surface area (Å²) < 4.78 is 0. The molecule has 138 valence electrons. The summed E-state index contributed by atoms with van der Waals surface area (Å²) in [6.45, 7) is 1.83. The average Bonchev–Trinajstić information content (AvgIpc) is 2.67. The minimum atomic E-state index is -0.341. The molecule has 0 aromatic rings. The summed E-state index contributed by atoms with van der Waals surface area (Å²) in [6, 6.07) is 4.26. The van der Waals surface area contributed by atoms with E-state index in [9.17, 15) is 14.9 Å². The van der Waals surface area contributed by atoms with E-state index in [2.05, 4.69) is 33.4 Å². The summed E-state index contributed by atoms with van der Waals surface area (Å²) in [7, 11) is 0. The molecule has 26 heavy (non-hydrogen) atoms. The topological polar surface area (TPSA) is 130 Å². The van der Waals surface area contributed by atoms with Crippen LogP contribution in [0.4, 0.5) is 0 Å². The predicted molar refractivity (Wildman–Crippen MR) is 93.3 cm³/mol. The largest absolute Gasteiger partial charge is 0.354 e. The highest BCUT2D eigenvalue weighted by atomic mass is 16.2. The zero-order valence-corrected chi connectivity index (χ0v) is 14.6. The average molecular weight is 356 g/mol. The van der Waals surface area contributed by atoms with E-state index < -0.39 is 0 Å². The van der Waals surface area contributed by atoms with Crippen molar-refractivity contribution in [3.05, 3.63) is 11.6 Å². The van der Waals surface area contributed by atoms with E-state index in [0.717, 1.165) is 19.3 Å². The van der Waals surface area contributed by atoms with Crippen LogP contribution in [0.1, 0.15) is 25.7 Å². The molecule has 8 nitrogen and oxygen atoms in total. The van der Waals surface area contributed by atoms with E-state index in [-0.39, 0.29) is 48.2 Å². The van der Waals surface area contributed by atoms with Gasteiger partial charge in [-0.25, -0.2) is 0 Å². The lowest BCUT2D eigenvalue weighted by molar-refractivity contribution is -0.124. The third kappa shape index (κ3) is 4.21. The van der Waals surface area contributed by atoms with Gasteiger partial charge in [0.15, 0.2) is 0 Å². The zero-order valence-electron chi connectivity index (χ0n) is 14.6. The summed E-state index contributed by atoms with van der Waals surface area (Å²) in [5.41, 5.74) is 0.425. The number of fused-ring (bicyclic) bond motifs is 1. The van der Waals surface area contributed by atoms with Gasteiger partial charge in [0, 0.05) is 36.7 Å². The molecule has 0 radical (unpaired) electrons. The van der Waals surface area contributed by atoms with Gasteiger partial charge in [-0.15, -0.1) is 0 Å². The van der Waals surface area contributed by atoms with Gasteiger partial charge in [-0.3, -0.25) is 9.59 Å². The Hall–Kier alpha value is -2.42. The van der Waals surface area contributed by atoms with Crippen LogP contribution in [-0.2, 0) is 9.59 Å². The van der Waals surface area contributed by atoms with Crippen LogP contribution in [0.5, 0.6) is 0 Å². The Bertz CT molecular complexity index is 668. The van der Waals surface area contributed by atoms with Gasteiger partial charge in [0.25, 0.3) is 0 Å². The molecule has 0 saturated carbocycles. The molecule has 0 aromatic carbocycles. The van der Waals surface area contributed by atoms with Crippen LogP contribution in [0.15, 0.2) is 11.6 Å². The van der Waals surface area contributed by atoms with E-state index in [1.807, 2.05) is 0 Å². The highest BCUT2D eigenvalue weighted by Gasteiger charge is 2.37. The fourth-order valence-corrected chi connectivity index (χ4v) is 3.85. The van der Waals surface area contributed by atoms with Crippen molar-refractivity contribution in [3.63, 3.8) is 0 Å². The first-order valence-electron chi connectivity index (χ1n) is 9.15. The van der Waals surface area contributed by atoms with Gasteiger partial charge in [-0.05, 0) is 25.8 Å². The number of nitrogens with one attached hydrogen (secondary N) is 4. The molecule has 3 heterocycles. The monoisotopic (exact) mass is 356 g/mol. The summed E-state index contributed by atoms with van der Waals surface area (Å²) in [4.78, 5) is 24.5. The maximum atomic E-state index is 12.2. The van der Waals surface area contributed by atoms with Crippen LogP contribution in [0.25, 0.3) is 0 Å². The van der Waals surface area contributed by atoms with Crippen molar-refractivity contribution >= 4 is 11.8 Å². The molecule has 3 aliphatic heterocycles. The predicted octanol–water partition coefficient (Wildman–Crippen LogP) is -0.689. The molecule has 5 atom stereocenters. The first-order valence-corrected chi connectivity index (χ1v) is 9.15. The van der Waals surface area contributed by atoms with Crippen LogP contribution >= 0.6 is 0 Å². The Morgan fingerprint density at radius 1 is 1.23 bits per heavy atom. The Kier molecular flexibility index (Phi) is 5.87. The van der Waals surface area contributed by atoms with Crippen LogP contribution in [0, 0.1) is 34.5 Å². The maximum absolute atomic E-state index is 12.2. The van der Waals surface area contributed by atoms with Gasteiger partial charge in [0.1, 0.15) is 6.04 Å².